The van der Waals surface area contributed by atoms with Gasteiger partial charge in [-0.05, 0) is 24.1 Å². The third-order valence-electron chi connectivity index (χ3n) is 3.65. The molecule has 0 bridgehead atoms. The number of anilines is 1. The van der Waals surface area contributed by atoms with Crippen LogP contribution < -0.4 is 11.1 Å². The topological polar surface area (TPSA) is 105 Å². The summed E-state index contributed by atoms with van der Waals surface area (Å²) in [7, 11) is 0. The molecule has 0 aliphatic heterocycles. The molecule has 5 N–H and O–H groups in total. The van der Waals surface area contributed by atoms with E-state index in [-0.39, 0.29) is 30.8 Å². The zero-order valence-electron chi connectivity index (χ0n) is 13.6. The molecule has 0 radical (unpaired) electrons. The van der Waals surface area contributed by atoms with Gasteiger partial charge < -0.3 is 26.0 Å². The van der Waals surface area contributed by atoms with Crippen LogP contribution in [0.4, 0.5) is 14.9 Å². The average molecular weight is 348 g/mol. The van der Waals surface area contributed by atoms with Crippen LogP contribution in [0.1, 0.15) is 23.7 Å². The minimum absolute atomic E-state index is 0.0572. The Morgan fingerprint density at radius 1 is 1.20 bits per heavy atom. The normalized spacial score (nSPS) is 13.1. The monoisotopic (exact) mass is 348 g/mol. The predicted molar refractivity (Wildman–Crippen MR) is 91.0 cm³/mol. The molecule has 0 aliphatic rings. The van der Waals surface area contributed by atoms with E-state index < -0.39 is 24.1 Å². The molecule has 2 aromatic carbocycles. The van der Waals surface area contributed by atoms with E-state index in [0.29, 0.717) is 0 Å². The number of carbonyl (C=O) groups excluding carboxylic acids is 1. The van der Waals surface area contributed by atoms with Crippen LogP contribution in [-0.4, -0.2) is 29.0 Å². The molecular formula is C18H21FN2O4. The first-order valence-corrected chi connectivity index (χ1v) is 7.83. The van der Waals surface area contributed by atoms with Gasteiger partial charge in [0.15, 0.2) is 0 Å². The quantitative estimate of drug-likeness (QED) is 0.574. The van der Waals surface area contributed by atoms with Crippen molar-refractivity contribution in [2.75, 3.05) is 12.3 Å². The number of rotatable bonds is 7. The van der Waals surface area contributed by atoms with E-state index in [2.05, 4.69) is 5.32 Å². The van der Waals surface area contributed by atoms with Gasteiger partial charge in [0.05, 0.1) is 6.10 Å². The summed E-state index contributed by atoms with van der Waals surface area (Å²) in [5.41, 5.74) is 6.79. The average Bonchev–Trinajstić information content (AvgIpc) is 2.60. The van der Waals surface area contributed by atoms with E-state index in [0.717, 1.165) is 17.7 Å². The Morgan fingerprint density at radius 3 is 2.60 bits per heavy atom. The maximum Gasteiger partial charge on any atom is 0.407 e. The smallest absolute Gasteiger partial charge is 0.407 e. The molecule has 0 heterocycles. The van der Waals surface area contributed by atoms with Crippen LogP contribution in [0.5, 0.6) is 0 Å². The number of aliphatic hydroxyl groups excluding tert-OH is 2. The molecule has 0 aliphatic carbocycles. The second-order valence-electron chi connectivity index (χ2n) is 5.56. The third-order valence-corrected chi connectivity index (χ3v) is 3.65. The SMILES string of the molecule is Nc1cc(F)ccc1C(O)C(O)CCNC(=O)OCc1ccccc1. The fourth-order valence-corrected chi connectivity index (χ4v) is 2.28. The van der Waals surface area contributed by atoms with E-state index in [9.17, 15) is 19.4 Å². The van der Waals surface area contributed by atoms with Crippen molar-refractivity contribution in [3.8, 4) is 0 Å². The first kappa shape index (κ1) is 18.7. The Balaban J connectivity index is 1.74. The summed E-state index contributed by atoms with van der Waals surface area (Å²) in [6.45, 7) is 0.247. The van der Waals surface area contributed by atoms with Crippen LogP contribution >= 0.6 is 0 Å². The van der Waals surface area contributed by atoms with Gasteiger partial charge in [-0.2, -0.15) is 0 Å². The van der Waals surface area contributed by atoms with Gasteiger partial charge in [-0.15, -0.1) is 0 Å². The molecule has 2 unspecified atom stereocenters. The van der Waals surface area contributed by atoms with Crippen LogP contribution in [0, 0.1) is 5.82 Å². The molecule has 6 nitrogen and oxygen atoms in total. The minimum Gasteiger partial charge on any atom is -0.445 e. The van der Waals surface area contributed by atoms with E-state index in [1.54, 1.807) is 0 Å². The molecule has 2 aromatic rings. The lowest BCUT2D eigenvalue weighted by Gasteiger charge is -2.19. The summed E-state index contributed by atoms with van der Waals surface area (Å²) in [6.07, 6.45) is -2.98. The van der Waals surface area contributed by atoms with Crippen molar-refractivity contribution >= 4 is 11.8 Å². The Bertz CT molecular complexity index is 697. The molecule has 0 fully saturated rings. The fraction of sp³-hybridized carbons (Fsp3) is 0.278. The molecule has 0 saturated carbocycles. The van der Waals surface area contributed by atoms with Crippen LogP contribution in [0.15, 0.2) is 48.5 Å². The zero-order chi connectivity index (χ0) is 18.2. The number of alkyl carbamates (subject to hydrolysis) is 1. The van der Waals surface area contributed by atoms with Crippen molar-refractivity contribution in [3.05, 3.63) is 65.5 Å². The van der Waals surface area contributed by atoms with Crippen LogP contribution in [0.3, 0.4) is 0 Å². The van der Waals surface area contributed by atoms with Gasteiger partial charge in [0.1, 0.15) is 18.5 Å². The highest BCUT2D eigenvalue weighted by atomic mass is 19.1. The van der Waals surface area contributed by atoms with Crippen LogP contribution in [0.2, 0.25) is 0 Å². The molecule has 0 aromatic heterocycles. The highest BCUT2D eigenvalue weighted by Gasteiger charge is 2.20. The van der Waals surface area contributed by atoms with Crippen molar-refractivity contribution in [1.82, 2.24) is 5.32 Å². The first-order chi connectivity index (χ1) is 12.0. The van der Waals surface area contributed by atoms with E-state index in [4.69, 9.17) is 10.5 Å². The van der Waals surface area contributed by atoms with Crippen molar-refractivity contribution in [1.29, 1.82) is 0 Å². The fourth-order valence-electron chi connectivity index (χ4n) is 2.28. The molecule has 7 heteroatoms. The van der Waals surface area contributed by atoms with Crippen LogP contribution in [0.25, 0.3) is 0 Å². The molecular weight excluding hydrogens is 327 g/mol. The second kappa shape index (κ2) is 9.00. The number of aliphatic hydroxyl groups is 2. The maximum absolute atomic E-state index is 13.0. The zero-order valence-corrected chi connectivity index (χ0v) is 13.6. The van der Waals surface area contributed by atoms with Gasteiger partial charge in [-0.3, -0.25) is 0 Å². The van der Waals surface area contributed by atoms with Crippen molar-refractivity contribution in [2.45, 2.75) is 25.2 Å². The second-order valence-corrected chi connectivity index (χ2v) is 5.56. The highest BCUT2D eigenvalue weighted by Crippen LogP contribution is 2.25. The van der Waals surface area contributed by atoms with Gasteiger partial charge in [0.25, 0.3) is 0 Å². The first-order valence-electron chi connectivity index (χ1n) is 7.83. The number of amides is 1. The molecule has 2 rings (SSSR count). The van der Waals surface area contributed by atoms with E-state index in [1.807, 2.05) is 30.3 Å². The number of nitrogen functional groups attached to an aromatic ring is 1. The molecule has 25 heavy (non-hydrogen) atoms. The number of ether oxygens (including phenoxy) is 1. The van der Waals surface area contributed by atoms with Crippen molar-refractivity contribution in [3.63, 3.8) is 0 Å². The molecule has 0 spiro atoms. The van der Waals surface area contributed by atoms with Gasteiger partial charge in [-0.1, -0.05) is 36.4 Å². The predicted octanol–water partition coefficient (Wildman–Crippen LogP) is 2.12. The largest absolute Gasteiger partial charge is 0.445 e. The van der Waals surface area contributed by atoms with E-state index >= 15 is 0 Å². The van der Waals surface area contributed by atoms with Crippen molar-refractivity contribution in [2.24, 2.45) is 0 Å². The van der Waals surface area contributed by atoms with Crippen molar-refractivity contribution < 1.29 is 24.1 Å². The third kappa shape index (κ3) is 5.74. The summed E-state index contributed by atoms with van der Waals surface area (Å²) in [6, 6.07) is 12.8. The molecule has 134 valence electrons. The van der Waals surface area contributed by atoms with Gasteiger partial charge in [0, 0.05) is 17.8 Å². The summed E-state index contributed by atoms with van der Waals surface area (Å²) >= 11 is 0. The Labute approximate surface area is 145 Å². The number of nitrogens with one attached hydrogen (secondary N) is 1. The van der Waals surface area contributed by atoms with Gasteiger partial charge in [-0.25, -0.2) is 9.18 Å². The van der Waals surface area contributed by atoms with E-state index in [1.165, 1.54) is 6.07 Å². The summed E-state index contributed by atoms with van der Waals surface area (Å²) in [5, 5.41) is 22.6. The lowest BCUT2D eigenvalue weighted by Crippen LogP contribution is -2.30. The summed E-state index contributed by atoms with van der Waals surface area (Å²) < 4.78 is 18.0. The summed E-state index contributed by atoms with van der Waals surface area (Å²) in [5.74, 6) is -0.522. The molecule has 2 atom stereocenters. The lowest BCUT2D eigenvalue weighted by atomic mass is 10.0. The number of carbonyl (C=O) groups is 1. The highest BCUT2D eigenvalue weighted by molar-refractivity contribution is 5.67. The maximum atomic E-state index is 13.0. The van der Waals surface area contributed by atoms with Gasteiger partial charge >= 0.3 is 6.09 Å². The number of hydrogen-bond donors (Lipinski definition) is 4. The number of hydrogen-bond acceptors (Lipinski definition) is 5. The Kier molecular flexibility index (Phi) is 6.73. The number of halogens is 1. The molecule has 1 amide bonds. The molecule has 0 saturated heterocycles. The van der Waals surface area contributed by atoms with Gasteiger partial charge in [0.2, 0.25) is 0 Å². The van der Waals surface area contributed by atoms with Crippen LogP contribution in [-0.2, 0) is 11.3 Å². The lowest BCUT2D eigenvalue weighted by molar-refractivity contribution is 0.0140. The number of benzene rings is 2. The Morgan fingerprint density at radius 2 is 1.92 bits per heavy atom. The standard InChI is InChI=1S/C18H21FN2O4/c19-13-6-7-14(15(20)10-13)17(23)16(22)8-9-21-18(24)25-11-12-4-2-1-3-5-12/h1-7,10,16-17,22-23H,8-9,11,20H2,(H,21,24). The summed E-state index contributed by atoms with van der Waals surface area (Å²) in [4.78, 5) is 11.6. The Hall–Kier alpha value is -2.64. The minimum atomic E-state index is -1.28. The number of nitrogens with two attached hydrogens (primary N) is 1.